The summed E-state index contributed by atoms with van der Waals surface area (Å²) in [4.78, 5) is 6.41. The Morgan fingerprint density at radius 2 is 2.06 bits per heavy atom. The molecular weight excluding hydrogens is 226 g/mol. The number of sulfonamides is 1. The van der Waals surface area contributed by atoms with Gasteiger partial charge in [0.1, 0.15) is 0 Å². The first-order valence-corrected chi connectivity index (χ1v) is 7.03. The fraction of sp³-hybridized carbons (Fsp3) is 0.700. The van der Waals surface area contributed by atoms with Crippen molar-refractivity contribution in [2.75, 3.05) is 7.05 Å². The zero-order valence-corrected chi connectivity index (χ0v) is 10.2. The molecule has 0 bridgehead atoms. The van der Waals surface area contributed by atoms with Gasteiger partial charge in [-0.05, 0) is 12.8 Å². The van der Waals surface area contributed by atoms with Gasteiger partial charge >= 0.3 is 0 Å². The SMILES string of the molecule is CN(C1CCCCC1)S(=O)(=O)c1cnc[nH]1. The van der Waals surface area contributed by atoms with Crippen molar-refractivity contribution >= 4 is 10.0 Å². The van der Waals surface area contributed by atoms with E-state index in [1.807, 2.05) is 0 Å². The van der Waals surface area contributed by atoms with Gasteiger partial charge in [0.15, 0.2) is 5.03 Å². The van der Waals surface area contributed by atoms with Gasteiger partial charge in [0.2, 0.25) is 0 Å². The summed E-state index contributed by atoms with van der Waals surface area (Å²) in [6.45, 7) is 0. The molecule has 0 atom stereocenters. The van der Waals surface area contributed by atoms with Crippen molar-refractivity contribution in [3.8, 4) is 0 Å². The van der Waals surface area contributed by atoms with Crippen LogP contribution in [0.3, 0.4) is 0 Å². The highest BCUT2D eigenvalue weighted by molar-refractivity contribution is 7.89. The van der Waals surface area contributed by atoms with E-state index in [0.29, 0.717) is 0 Å². The van der Waals surface area contributed by atoms with E-state index in [9.17, 15) is 8.42 Å². The Morgan fingerprint density at radius 3 is 2.62 bits per heavy atom. The van der Waals surface area contributed by atoms with Crippen LogP contribution in [0.4, 0.5) is 0 Å². The first-order chi connectivity index (χ1) is 7.62. The van der Waals surface area contributed by atoms with E-state index in [1.54, 1.807) is 7.05 Å². The van der Waals surface area contributed by atoms with Crippen LogP contribution >= 0.6 is 0 Å². The number of nitrogens with one attached hydrogen (secondary N) is 1. The smallest absolute Gasteiger partial charge is 0.260 e. The van der Waals surface area contributed by atoms with Gasteiger partial charge in [-0.25, -0.2) is 13.4 Å². The van der Waals surface area contributed by atoms with E-state index in [1.165, 1.54) is 23.3 Å². The van der Waals surface area contributed by atoms with Crippen LogP contribution in [0.25, 0.3) is 0 Å². The van der Waals surface area contributed by atoms with E-state index in [0.717, 1.165) is 25.7 Å². The molecular formula is C10H17N3O2S. The third-order valence-corrected chi connectivity index (χ3v) is 5.05. The lowest BCUT2D eigenvalue weighted by molar-refractivity contribution is 0.285. The first kappa shape index (κ1) is 11.6. The van der Waals surface area contributed by atoms with Crippen LogP contribution in [-0.2, 0) is 10.0 Å². The highest BCUT2D eigenvalue weighted by atomic mass is 32.2. The lowest BCUT2D eigenvalue weighted by Crippen LogP contribution is -2.38. The largest absolute Gasteiger partial charge is 0.335 e. The number of aromatic nitrogens is 2. The molecule has 1 aromatic heterocycles. The third-order valence-electron chi connectivity index (χ3n) is 3.22. The second kappa shape index (κ2) is 4.55. The van der Waals surface area contributed by atoms with E-state index in [4.69, 9.17) is 0 Å². The number of H-pyrrole nitrogens is 1. The topological polar surface area (TPSA) is 66.1 Å². The number of hydrogen-bond acceptors (Lipinski definition) is 3. The Hall–Kier alpha value is -0.880. The highest BCUT2D eigenvalue weighted by Crippen LogP contribution is 2.25. The molecule has 0 spiro atoms. The molecule has 2 rings (SSSR count). The van der Waals surface area contributed by atoms with E-state index in [-0.39, 0.29) is 11.1 Å². The molecule has 1 N–H and O–H groups in total. The standard InChI is InChI=1S/C10H17N3O2S/c1-13(9-5-3-2-4-6-9)16(14,15)10-7-11-8-12-10/h7-9H,2-6H2,1H3,(H,11,12). The minimum atomic E-state index is -3.38. The summed E-state index contributed by atoms with van der Waals surface area (Å²) in [5.41, 5.74) is 0. The molecule has 1 saturated carbocycles. The molecule has 0 radical (unpaired) electrons. The summed E-state index contributed by atoms with van der Waals surface area (Å²) in [7, 11) is -1.72. The Labute approximate surface area is 95.9 Å². The summed E-state index contributed by atoms with van der Waals surface area (Å²) in [5.74, 6) is 0. The van der Waals surface area contributed by atoms with E-state index < -0.39 is 10.0 Å². The van der Waals surface area contributed by atoms with Crippen LogP contribution in [0, 0.1) is 0 Å². The molecule has 1 heterocycles. The summed E-state index contributed by atoms with van der Waals surface area (Å²) < 4.78 is 25.8. The lowest BCUT2D eigenvalue weighted by Gasteiger charge is -2.29. The molecule has 1 aliphatic rings. The summed E-state index contributed by atoms with van der Waals surface area (Å²) >= 11 is 0. The fourth-order valence-corrected chi connectivity index (χ4v) is 3.49. The van der Waals surface area contributed by atoms with Crippen LogP contribution in [0.5, 0.6) is 0 Å². The molecule has 0 saturated heterocycles. The average molecular weight is 243 g/mol. The third kappa shape index (κ3) is 2.12. The molecule has 5 nitrogen and oxygen atoms in total. The molecule has 16 heavy (non-hydrogen) atoms. The Kier molecular flexibility index (Phi) is 3.30. The molecule has 90 valence electrons. The van der Waals surface area contributed by atoms with Gasteiger partial charge in [-0.2, -0.15) is 4.31 Å². The average Bonchev–Trinajstić information content (AvgIpc) is 2.83. The predicted octanol–water partition coefficient (Wildman–Crippen LogP) is 1.36. The van der Waals surface area contributed by atoms with Crippen molar-refractivity contribution in [3.05, 3.63) is 12.5 Å². The van der Waals surface area contributed by atoms with Crippen LogP contribution in [-0.4, -0.2) is 35.8 Å². The first-order valence-electron chi connectivity index (χ1n) is 5.59. The Morgan fingerprint density at radius 1 is 1.38 bits per heavy atom. The minimum absolute atomic E-state index is 0.141. The van der Waals surface area contributed by atoms with Crippen molar-refractivity contribution in [1.82, 2.24) is 14.3 Å². The Balaban J connectivity index is 2.17. The maximum Gasteiger partial charge on any atom is 0.260 e. The molecule has 0 aromatic carbocycles. The lowest BCUT2D eigenvalue weighted by atomic mass is 9.96. The zero-order chi connectivity index (χ0) is 11.6. The van der Waals surface area contributed by atoms with Gasteiger partial charge in [0.05, 0.1) is 12.5 Å². The second-order valence-corrected chi connectivity index (χ2v) is 6.19. The molecule has 0 unspecified atom stereocenters. The van der Waals surface area contributed by atoms with Crippen molar-refractivity contribution in [2.45, 2.75) is 43.2 Å². The van der Waals surface area contributed by atoms with Crippen molar-refractivity contribution < 1.29 is 8.42 Å². The van der Waals surface area contributed by atoms with Gasteiger partial charge < -0.3 is 4.98 Å². The van der Waals surface area contributed by atoms with Crippen LogP contribution in [0.15, 0.2) is 17.6 Å². The van der Waals surface area contributed by atoms with Crippen LogP contribution in [0.1, 0.15) is 32.1 Å². The van der Waals surface area contributed by atoms with Crippen LogP contribution < -0.4 is 0 Å². The van der Waals surface area contributed by atoms with Gasteiger partial charge in [0, 0.05) is 13.1 Å². The fourth-order valence-electron chi connectivity index (χ4n) is 2.18. The molecule has 1 aliphatic carbocycles. The maximum absolute atomic E-state index is 12.1. The molecule has 1 fully saturated rings. The number of rotatable bonds is 3. The van der Waals surface area contributed by atoms with Gasteiger partial charge in [-0.1, -0.05) is 19.3 Å². The molecule has 0 amide bonds. The van der Waals surface area contributed by atoms with E-state index >= 15 is 0 Å². The zero-order valence-electron chi connectivity index (χ0n) is 9.39. The van der Waals surface area contributed by atoms with Gasteiger partial charge in [0.25, 0.3) is 10.0 Å². The molecule has 6 heteroatoms. The quantitative estimate of drug-likeness (QED) is 0.871. The normalized spacial score (nSPS) is 19.1. The monoisotopic (exact) mass is 243 g/mol. The Bertz CT molecular complexity index is 421. The maximum atomic E-state index is 12.1. The van der Waals surface area contributed by atoms with Crippen LogP contribution in [0.2, 0.25) is 0 Å². The van der Waals surface area contributed by atoms with Gasteiger partial charge in [-0.15, -0.1) is 0 Å². The number of aromatic amines is 1. The number of nitrogens with zero attached hydrogens (tertiary/aromatic N) is 2. The summed E-state index contributed by atoms with van der Waals surface area (Å²) in [6.07, 6.45) is 8.12. The number of imidazole rings is 1. The summed E-state index contributed by atoms with van der Waals surface area (Å²) in [5, 5.41) is 0.181. The van der Waals surface area contributed by atoms with Crippen molar-refractivity contribution in [1.29, 1.82) is 0 Å². The van der Waals surface area contributed by atoms with Crippen molar-refractivity contribution in [3.63, 3.8) is 0 Å². The van der Waals surface area contributed by atoms with Crippen molar-refractivity contribution in [2.24, 2.45) is 0 Å². The summed E-state index contributed by atoms with van der Waals surface area (Å²) in [6, 6.07) is 0.141. The van der Waals surface area contributed by atoms with Gasteiger partial charge in [-0.3, -0.25) is 0 Å². The predicted molar refractivity (Wildman–Crippen MR) is 60.4 cm³/mol. The second-order valence-electron chi connectivity index (χ2n) is 4.23. The van der Waals surface area contributed by atoms with E-state index in [2.05, 4.69) is 9.97 Å². The highest BCUT2D eigenvalue weighted by Gasteiger charge is 2.29. The number of hydrogen-bond donors (Lipinski definition) is 1. The minimum Gasteiger partial charge on any atom is -0.335 e. The molecule has 1 aromatic rings. The molecule has 0 aliphatic heterocycles.